The highest BCUT2D eigenvalue weighted by molar-refractivity contribution is 9.10. The third-order valence-electron chi connectivity index (χ3n) is 3.74. The molecule has 1 amide bonds. The van der Waals surface area contributed by atoms with Crippen molar-refractivity contribution in [3.63, 3.8) is 0 Å². The predicted octanol–water partition coefficient (Wildman–Crippen LogP) is 2.73. The van der Waals surface area contributed by atoms with Gasteiger partial charge in [-0.25, -0.2) is 0 Å². The quantitative estimate of drug-likeness (QED) is 0.836. The molecule has 2 N–H and O–H groups in total. The zero-order chi connectivity index (χ0) is 16.1. The van der Waals surface area contributed by atoms with E-state index < -0.39 is 0 Å². The molecule has 1 saturated heterocycles. The minimum Gasteiger partial charge on any atom is -0.493 e. The maximum absolute atomic E-state index is 12.5. The van der Waals surface area contributed by atoms with Crippen LogP contribution in [0.15, 0.2) is 16.6 Å². The molecule has 1 aliphatic rings. The van der Waals surface area contributed by atoms with Gasteiger partial charge in [0.1, 0.15) is 0 Å². The number of ether oxygens (including phenoxy) is 2. The van der Waals surface area contributed by atoms with E-state index in [1.165, 1.54) is 0 Å². The molecule has 2 rings (SSSR count). The summed E-state index contributed by atoms with van der Waals surface area (Å²) in [6.45, 7) is 5.51. The lowest BCUT2D eigenvalue weighted by atomic mass is 10.00. The van der Waals surface area contributed by atoms with Crippen molar-refractivity contribution in [3.05, 3.63) is 22.2 Å². The second kappa shape index (κ2) is 7.83. The SMILES string of the molecule is CCOc1c(Br)cc(C(=O)NC2CCNC(C)C2)cc1OC. The highest BCUT2D eigenvalue weighted by atomic mass is 79.9. The van der Waals surface area contributed by atoms with Gasteiger partial charge in [-0.15, -0.1) is 0 Å². The monoisotopic (exact) mass is 370 g/mol. The third kappa shape index (κ3) is 4.14. The van der Waals surface area contributed by atoms with Gasteiger partial charge < -0.3 is 20.1 Å². The van der Waals surface area contributed by atoms with Gasteiger partial charge in [0.05, 0.1) is 18.2 Å². The van der Waals surface area contributed by atoms with Crippen molar-refractivity contribution in [1.82, 2.24) is 10.6 Å². The Morgan fingerprint density at radius 3 is 2.91 bits per heavy atom. The lowest BCUT2D eigenvalue weighted by Crippen LogP contribution is -2.46. The lowest BCUT2D eigenvalue weighted by molar-refractivity contribution is 0.0925. The van der Waals surface area contributed by atoms with Crippen LogP contribution in [0.25, 0.3) is 0 Å². The summed E-state index contributed by atoms with van der Waals surface area (Å²) in [6, 6.07) is 4.13. The van der Waals surface area contributed by atoms with Crippen LogP contribution in [0.3, 0.4) is 0 Å². The van der Waals surface area contributed by atoms with Crippen LogP contribution >= 0.6 is 15.9 Å². The normalized spacial score (nSPS) is 21.3. The van der Waals surface area contributed by atoms with Gasteiger partial charge in [0.2, 0.25) is 0 Å². The van der Waals surface area contributed by atoms with Crippen molar-refractivity contribution < 1.29 is 14.3 Å². The van der Waals surface area contributed by atoms with Gasteiger partial charge in [-0.3, -0.25) is 4.79 Å². The number of rotatable bonds is 5. The van der Waals surface area contributed by atoms with Gasteiger partial charge >= 0.3 is 0 Å². The maximum atomic E-state index is 12.5. The Balaban J connectivity index is 2.14. The molecule has 0 bridgehead atoms. The van der Waals surface area contributed by atoms with Gasteiger partial charge in [-0.1, -0.05) is 0 Å². The Morgan fingerprint density at radius 2 is 2.27 bits per heavy atom. The fourth-order valence-electron chi connectivity index (χ4n) is 2.67. The number of hydrogen-bond donors (Lipinski definition) is 2. The van der Waals surface area contributed by atoms with E-state index in [2.05, 4.69) is 33.5 Å². The van der Waals surface area contributed by atoms with E-state index in [9.17, 15) is 4.79 Å². The van der Waals surface area contributed by atoms with Crippen LogP contribution in [-0.4, -0.2) is 38.3 Å². The van der Waals surface area contributed by atoms with Crippen LogP contribution in [0.1, 0.15) is 37.0 Å². The Kier molecular flexibility index (Phi) is 6.08. The molecular formula is C16H23BrN2O3. The zero-order valence-corrected chi connectivity index (χ0v) is 14.8. The second-order valence-corrected chi connectivity index (χ2v) is 6.33. The number of methoxy groups -OCH3 is 1. The Labute approximate surface area is 139 Å². The molecule has 1 heterocycles. The molecule has 0 spiro atoms. The smallest absolute Gasteiger partial charge is 0.251 e. The molecular weight excluding hydrogens is 348 g/mol. The molecule has 1 aromatic rings. The summed E-state index contributed by atoms with van der Waals surface area (Å²) in [5.41, 5.74) is 0.568. The van der Waals surface area contributed by atoms with E-state index in [0.29, 0.717) is 29.7 Å². The Bertz CT molecular complexity index is 536. The van der Waals surface area contributed by atoms with E-state index in [4.69, 9.17) is 9.47 Å². The molecule has 1 fully saturated rings. The van der Waals surface area contributed by atoms with E-state index >= 15 is 0 Å². The largest absolute Gasteiger partial charge is 0.493 e. The first-order chi connectivity index (χ1) is 10.5. The molecule has 5 nitrogen and oxygen atoms in total. The molecule has 1 aromatic carbocycles. The lowest BCUT2D eigenvalue weighted by Gasteiger charge is -2.28. The number of carbonyl (C=O) groups is 1. The van der Waals surface area contributed by atoms with E-state index in [-0.39, 0.29) is 11.9 Å². The van der Waals surface area contributed by atoms with Crippen LogP contribution in [-0.2, 0) is 0 Å². The number of hydrogen-bond acceptors (Lipinski definition) is 4. The van der Waals surface area contributed by atoms with Crippen LogP contribution in [0, 0.1) is 0 Å². The van der Waals surface area contributed by atoms with Crippen LogP contribution < -0.4 is 20.1 Å². The van der Waals surface area contributed by atoms with Crippen molar-refractivity contribution in [2.45, 2.75) is 38.8 Å². The van der Waals surface area contributed by atoms with Gasteiger partial charge in [-0.2, -0.15) is 0 Å². The Hall–Kier alpha value is -1.27. The molecule has 0 aromatic heterocycles. The molecule has 0 saturated carbocycles. The summed E-state index contributed by atoms with van der Waals surface area (Å²) >= 11 is 3.45. The van der Waals surface area contributed by atoms with Crippen molar-refractivity contribution in [3.8, 4) is 11.5 Å². The van der Waals surface area contributed by atoms with Crippen molar-refractivity contribution in [1.29, 1.82) is 0 Å². The number of benzene rings is 1. The summed E-state index contributed by atoms with van der Waals surface area (Å²) in [6.07, 6.45) is 1.90. The topological polar surface area (TPSA) is 59.6 Å². The molecule has 0 radical (unpaired) electrons. The minimum atomic E-state index is -0.0823. The van der Waals surface area contributed by atoms with E-state index in [1.807, 2.05) is 6.92 Å². The maximum Gasteiger partial charge on any atom is 0.251 e. The van der Waals surface area contributed by atoms with Crippen molar-refractivity contribution >= 4 is 21.8 Å². The highest BCUT2D eigenvalue weighted by Gasteiger charge is 2.22. The fourth-order valence-corrected chi connectivity index (χ4v) is 3.22. The van der Waals surface area contributed by atoms with Crippen LogP contribution in [0.4, 0.5) is 0 Å². The number of halogens is 1. The molecule has 122 valence electrons. The van der Waals surface area contributed by atoms with Crippen molar-refractivity contribution in [2.24, 2.45) is 0 Å². The van der Waals surface area contributed by atoms with Crippen LogP contribution in [0.5, 0.6) is 11.5 Å². The highest BCUT2D eigenvalue weighted by Crippen LogP contribution is 2.36. The van der Waals surface area contributed by atoms with Crippen molar-refractivity contribution in [2.75, 3.05) is 20.3 Å². The third-order valence-corrected chi connectivity index (χ3v) is 4.33. The number of piperidine rings is 1. The fraction of sp³-hybridized carbons (Fsp3) is 0.562. The average molecular weight is 371 g/mol. The minimum absolute atomic E-state index is 0.0823. The Morgan fingerprint density at radius 1 is 1.50 bits per heavy atom. The number of carbonyl (C=O) groups excluding carboxylic acids is 1. The van der Waals surface area contributed by atoms with E-state index in [0.717, 1.165) is 23.9 Å². The molecule has 2 unspecified atom stereocenters. The first kappa shape index (κ1) is 17.1. The second-order valence-electron chi connectivity index (χ2n) is 5.47. The molecule has 1 aliphatic heterocycles. The van der Waals surface area contributed by atoms with Gasteiger partial charge in [0.25, 0.3) is 5.91 Å². The molecule has 6 heteroatoms. The standard InChI is InChI=1S/C16H23BrN2O3/c1-4-22-15-13(17)8-11(9-14(15)21-3)16(20)19-12-5-6-18-10(2)7-12/h8-10,12,18H,4-7H2,1-3H3,(H,19,20). The molecule has 22 heavy (non-hydrogen) atoms. The summed E-state index contributed by atoms with van der Waals surface area (Å²) in [5.74, 6) is 1.10. The van der Waals surface area contributed by atoms with E-state index in [1.54, 1.807) is 19.2 Å². The predicted molar refractivity (Wildman–Crippen MR) is 89.8 cm³/mol. The number of amides is 1. The molecule has 2 atom stereocenters. The summed E-state index contributed by atoms with van der Waals surface area (Å²) < 4.78 is 11.6. The summed E-state index contributed by atoms with van der Waals surface area (Å²) in [5, 5.41) is 6.48. The van der Waals surface area contributed by atoms with Gasteiger partial charge in [-0.05, 0) is 61.3 Å². The first-order valence-electron chi connectivity index (χ1n) is 7.59. The zero-order valence-electron chi connectivity index (χ0n) is 13.2. The first-order valence-corrected chi connectivity index (χ1v) is 8.39. The number of nitrogens with one attached hydrogen (secondary N) is 2. The summed E-state index contributed by atoms with van der Waals surface area (Å²) in [7, 11) is 1.57. The summed E-state index contributed by atoms with van der Waals surface area (Å²) in [4.78, 5) is 12.5. The van der Waals surface area contributed by atoms with Crippen LogP contribution in [0.2, 0.25) is 0 Å². The van der Waals surface area contributed by atoms with Gasteiger partial charge in [0.15, 0.2) is 11.5 Å². The molecule has 0 aliphatic carbocycles. The van der Waals surface area contributed by atoms with Gasteiger partial charge in [0, 0.05) is 17.6 Å². The average Bonchev–Trinajstić information content (AvgIpc) is 2.49.